The Balaban J connectivity index is 2.17. The third-order valence-electron chi connectivity index (χ3n) is 3.96. The fourth-order valence-corrected chi connectivity index (χ4v) is 3.94. The van der Waals surface area contributed by atoms with Gasteiger partial charge in [-0.2, -0.15) is 0 Å². The van der Waals surface area contributed by atoms with Gasteiger partial charge in [0.15, 0.2) is 0 Å². The molecule has 17 heavy (non-hydrogen) atoms. The Morgan fingerprint density at radius 2 is 2.35 bits per heavy atom. The summed E-state index contributed by atoms with van der Waals surface area (Å²) in [7, 11) is 0. The quantitative estimate of drug-likeness (QED) is 0.912. The number of halogens is 1. The van der Waals surface area contributed by atoms with Crippen LogP contribution in [0.5, 0.6) is 0 Å². The molecule has 1 aromatic rings. The standard InChI is InChI=1S/C13H21ClN2S/c1-9-4-3-5-16(10(9)2)12(7-15)13-6-11(14)8-17-13/h6,8-10,12H,3-5,7,15H2,1-2H3. The van der Waals surface area contributed by atoms with Crippen molar-refractivity contribution < 1.29 is 0 Å². The minimum atomic E-state index is 0.338. The lowest BCUT2D eigenvalue weighted by atomic mass is 9.90. The number of thiophene rings is 1. The average Bonchev–Trinajstić information content (AvgIpc) is 2.72. The van der Waals surface area contributed by atoms with Crippen molar-refractivity contribution >= 4 is 22.9 Å². The smallest absolute Gasteiger partial charge is 0.0567 e. The predicted molar refractivity (Wildman–Crippen MR) is 75.7 cm³/mol. The summed E-state index contributed by atoms with van der Waals surface area (Å²) in [5.74, 6) is 0.758. The molecule has 96 valence electrons. The third kappa shape index (κ3) is 2.84. The number of piperidine rings is 1. The van der Waals surface area contributed by atoms with E-state index in [1.54, 1.807) is 11.3 Å². The molecule has 1 aromatic heterocycles. The van der Waals surface area contributed by atoms with Crippen molar-refractivity contribution in [2.45, 2.75) is 38.8 Å². The first-order valence-corrected chi connectivity index (χ1v) is 7.59. The van der Waals surface area contributed by atoms with E-state index in [0.717, 1.165) is 17.5 Å². The van der Waals surface area contributed by atoms with Crippen LogP contribution in [0.4, 0.5) is 0 Å². The molecule has 2 N–H and O–H groups in total. The maximum atomic E-state index is 6.02. The summed E-state index contributed by atoms with van der Waals surface area (Å²) in [6.45, 7) is 6.49. The molecule has 1 fully saturated rings. The van der Waals surface area contributed by atoms with Crippen molar-refractivity contribution in [2.75, 3.05) is 13.1 Å². The first-order chi connectivity index (χ1) is 8.13. The lowest BCUT2D eigenvalue weighted by Gasteiger charge is -2.42. The molecule has 1 saturated heterocycles. The van der Waals surface area contributed by atoms with Gasteiger partial charge in [0.25, 0.3) is 0 Å². The summed E-state index contributed by atoms with van der Waals surface area (Å²) in [6.07, 6.45) is 2.61. The summed E-state index contributed by atoms with van der Waals surface area (Å²) < 4.78 is 0. The van der Waals surface area contributed by atoms with E-state index < -0.39 is 0 Å². The van der Waals surface area contributed by atoms with Gasteiger partial charge < -0.3 is 5.73 Å². The van der Waals surface area contributed by atoms with Crippen molar-refractivity contribution in [3.8, 4) is 0 Å². The highest BCUT2D eigenvalue weighted by Crippen LogP contribution is 2.34. The average molecular weight is 273 g/mol. The van der Waals surface area contributed by atoms with E-state index in [9.17, 15) is 0 Å². The molecule has 0 aliphatic carbocycles. The Labute approximate surface area is 113 Å². The largest absolute Gasteiger partial charge is 0.329 e. The summed E-state index contributed by atoms with van der Waals surface area (Å²) in [5, 5.41) is 2.83. The number of likely N-dealkylation sites (tertiary alicyclic amines) is 1. The molecule has 2 heterocycles. The first-order valence-electron chi connectivity index (χ1n) is 6.33. The lowest BCUT2D eigenvalue weighted by Crippen LogP contribution is -2.46. The Morgan fingerprint density at radius 3 is 2.94 bits per heavy atom. The molecule has 0 bridgehead atoms. The molecular weight excluding hydrogens is 252 g/mol. The van der Waals surface area contributed by atoms with Crippen LogP contribution in [-0.2, 0) is 0 Å². The molecule has 0 aromatic carbocycles. The highest BCUT2D eigenvalue weighted by Gasteiger charge is 2.30. The van der Waals surface area contributed by atoms with Gasteiger partial charge in [0, 0.05) is 22.8 Å². The Hall–Kier alpha value is -0.0900. The molecule has 2 rings (SSSR count). The number of hydrogen-bond donors (Lipinski definition) is 1. The topological polar surface area (TPSA) is 29.3 Å². The number of rotatable bonds is 3. The second kappa shape index (κ2) is 5.70. The van der Waals surface area contributed by atoms with E-state index in [-0.39, 0.29) is 0 Å². The Morgan fingerprint density at radius 1 is 1.59 bits per heavy atom. The summed E-state index contributed by atoms with van der Waals surface area (Å²) in [6, 6.07) is 3.01. The van der Waals surface area contributed by atoms with Crippen molar-refractivity contribution in [3.63, 3.8) is 0 Å². The van der Waals surface area contributed by atoms with Crippen LogP contribution in [0.3, 0.4) is 0 Å². The molecule has 4 heteroatoms. The monoisotopic (exact) mass is 272 g/mol. The van der Waals surface area contributed by atoms with Crippen molar-refractivity contribution in [2.24, 2.45) is 11.7 Å². The second-order valence-corrected chi connectivity index (χ2v) is 6.40. The maximum Gasteiger partial charge on any atom is 0.0567 e. The molecular formula is C13H21ClN2S. The van der Waals surface area contributed by atoms with Crippen LogP contribution in [0.2, 0.25) is 5.02 Å². The highest BCUT2D eigenvalue weighted by atomic mass is 35.5. The fourth-order valence-electron chi connectivity index (χ4n) is 2.73. The molecule has 0 amide bonds. The fraction of sp³-hybridized carbons (Fsp3) is 0.692. The number of nitrogens with two attached hydrogens (primary N) is 1. The van der Waals surface area contributed by atoms with Gasteiger partial charge in [-0.05, 0) is 38.3 Å². The van der Waals surface area contributed by atoms with Crippen LogP contribution < -0.4 is 5.73 Å². The molecule has 1 aliphatic heterocycles. The molecule has 3 unspecified atom stereocenters. The van der Waals surface area contributed by atoms with E-state index in [4.69, 9.17) is 17.3 Å². The van der Waals surface area contributed by atoms with E-state index in [2.05, 4.69) is 24.8 Å². The normalized spacial score (nSPS) is 28.2. The zero-order chi connectivity index (χ0) is 12.4. The summed E-state index contributed by atoms with van der Waals surface area (Å²) in [4.78, 5) is 3.86. The zero-order valence-corrected chi connectivity index (χ0v) is 12.1. The number of nitrogens with zero attached hydrogens (tertiary/aromatic N) is 1. The molecule has 0 radical (unpaired) electrons. The molecule has 2 nitrogen and oxygen atoms in total. The van der Waals surface area contributed by atoms with Crippen LogP contribution in [0.1, 0.15) is 37.6 Å². The summed E-state index contributed by atoms with van der Waals surface area (Å²) >= 11 is 7.74. The second-order valence-electron chi connectivity index (χ2n) is 5.02. The van der Waals surface area contributed by atoms with Crippen molar-refractivity contribution in [3.05, 3.63) is 21.3 Å². The minimum absolute atomic E-state index is 0.338. The molecule has 0 saturated carbocycles. The van der Waals surface area contributed by atoms with Gasteiger partial charge in [-0.15, -0.1) is 11.3 Å². The Kier molecular flexibility index (Phi) is 4.47. The molecule has 0 spiro atoms. The lowest BCUT2D eigenvalue weighted by molar-refractivity contribution is 0.0724. The maximum absolute atomic E-state index is 6.02. The van der Waals surface area contributed by atoms with E-state index >= 15 is 0 Å². The van der Waals surface area contributed by atoms with Crippen LogP contribution >= 0.6 is 22.9 Å². The highest BCUT2D eigenvalue weighted by molar-refractivity contribution is 7.10. The van der Waals surface area contributed by atoms with E-state index in [1.807, 2.05) is 5.38 Å². The zero-order valence-electron chi connectivity index (χ0n) is 10.5. The predicted octanol–water partition coefficient (Wildman–Crippen LogP) is 3.52. The van der Waals surface area contributed by atoms with Gasteiger partial charge >= 0.3 is 0 Å². The van der Waals surface area contributed by atoms with Crippen molar-refractivity contribution in [1.82, 2.24) is 4.90 Å². The Bertz CT molecular complexity index is 366. The summed E-state index contributed by atoms with van der Waals surface area (Å²) in [5.41, 5.74) is 5.97. The number of hydrogen-bond acceptors (Lipinski definition) is 3. The molecule has 1 aliphatic rings. The van der Waals surface area contributed by atoms with Crippen LogP contribution in [0, 0.1) is 5.92 Å². The van der Waals surface area contributed by atoms with Gasteiger partial charge in [-0.3, -0.25) is 4.90 Å². The van der Waals surface area contributed by atoms with Gasteiger partial charge in [0.05, 0.1) is 11.1 Å². The van der Waals surface area contributed by atoms with Gasteiger partial charge in [0.1, 0.15) is 0 Å². The first kappa shape index (κ1) is 13.3. The van der Waals surface area contributed by atoms with E-state index in [1.165, 1.54) is 17.7 Å². The van der Waals surface area contributed by atoms with Gasteiger partial charge in [-0.1, -0.05) is 18.5 Å². The SMILES string of the molecule is CC1CCCN(C(CN)c2cc(Cl)cs2)C1C. The van der Waals surface area contributed by atoms with Crippen molar-refractivity contribution in [1.29, 1.82) is 0 Å². The minimum Gasteiger partial charge on any atom is -0.329 e. The molecule has 3 atom stereocenters. The van der Waals surface area contributed by atoms with Gasteiger partial charge in [-0.25, -0.2) is 0 Å². The van der Waals surface area contributed by atoms with Crippen LogP contribution in [-0.4, -0.2) is 24.0 Å². The van der Waals surface area contributed by atoms with Crippen LogP contribution in [0.15, 0.2) is 11.4 Å². The van der Waals surface area contributed by atoms with E-state index in [0.29, 0.717) is 18.6 Å². The third-order valence-corrected chi connectivity index (χ3v) is 5.34. The van der Waals surface area contributed by atoms with Gasteiger partial charge in [0.2, 0.25) is 0 Å². The van der Waals surface area contributed by atoms with Crippen LogP contribution in [0.25, 0.3) is 0 Å².